The van der Waals surface area contributed by atoms with Crippen LogP contribution in [0.3, 0.4) is 0 Å². The van der Waals surface area contributed by atoms with E-state index in [4.69, 9.17) is 9.84 Å². The molecule has 0 aliphatic heterocycles. The van der Waals surface area contributed by atoms with Crippen LogP contribution in [0, 0.1) is 11.7 Å². The lowest BCUT2D eigenvalue weighted by Gasteiger charge is -2.22. The average Bonchev–Trinajstić information content (AvgIpc) is 2.39. The molecule has 116 valence electrons. The minimum absolute atomic E-state index is 0.0807. The lowest BCUT2D eigenvalue weighted by Crippen LogP contribution is -2.38. The van der Waals surface area contributed by atoms with Crippen molar-refractivity contribution in [3.05, 3.63) is 30.1 Å². The third-order valence-electron chi connectivity index (χ3n) is 2.66. The number of nitrogens with zero attached hydrogens (tertiary/aromatic N) is 1. The lowest BCUT2D eigenvalue weighted by atomic mass is 10.2. The summed E-state index contributed by atoms with van der Waals surface area (Å²) in [5.41, 5.74) is 0. The van der Waals surface area contributed by atoms with Gasteiger partial charge in [-0.2, -0.15) is 0 Å². The summed E-state index contributed by atoms with van der Waals surface area (Å²) < 4.78 is 18.0. The molecular formula is C15H20FNO4. The Balaban J connectivity index is 2.45. The molecule has 0 unspecified atom stereocenters. The normalized spacial score (nSPS) is 10.5. The van der Waals surface area contributed by atoms with Crippen LogP contribution in [0.15, 0.2) is 24.3 Å². The van der Waals surface area contributed by atoms with E-state index >= 15 is 0 Å². The minimum atomic E-state index is -1.04. The van der Waals surface area contributed by atoms with Gasteiger partial charge in [0.15, 0.2) is 0 Å². The van der Waals surface area contributed by atoms with Crippen LogP contribution >= 0.6 is 0 Å². The zero-order chi connectivity index (χ0) is 15.8. The quantitative estimate of drug-likeness (QED) is 0.798. The number of carboxylic acids is 1. The molecule has 0 heterocycles. The zero-order valence-electron chi connectivity index (χ0n) is 12.2. The Morgan fingerprint density at radius 1 is 1.29 bits per heavy atom. The van der Waals surface area contributed by atoms with Crippen molar-refractivity contribution < 1.29 is 23.8 Å². The van der Waals surface area contributed by atoms with Gasteiger partial charge >= 0.3 is 5.97 Å². The third-order valence-corrected chi connectivity index (χ3v) is 2.66. The summed E-state index contributed by atoms with van der Waals surface area (Å²) >= 11 is 0. The maximum atomic E-state index is 12.7. The highest BCUT2D eigenvalue weighted by molar-refractivity contribution is 5.81. The number of aliphatic carboxylic acids is 1. The SMILES string of the molecule is CC(C)CN(CC(=O)O)C(=O)CCOc1ccc(F)cc1. The topological polar surface area (TPSA) is 66.8 Å². The summed E-state index contributed by atoms with van der Waals surface area (Å²) in [7, 11) is 0. The maximum Gasteiger partial charge on any atom is 0.323 e. The van der Waals surface area contributed by atoms with Crippen molar-refractivity contribution in [2.75, 3.05) is 19.7 Å². The van der Waals surface area contributed by atoms with Crippen LogP contribution in [-0.2, 0) is 9.59 Å². The van der Waals surface area contributed by atoms with Crippen molar-refractivity contribution in [1.29, 1.82) is 0 Å². The predicted molar refractivity (Wildman–Crippen MR) is 75.6 cm³/mol. The molecule has 1 N–H and O–H groups in total. The molecule has 21 heavy (non-hydrogen) atoms. The Morgan fingerprint density at radius 3 is 2.43 bits per heavy atom. The number of hydrogen-bond donors (Lipinski definition) is 1. The summed E-state index contributed by atoms with van der Waals surface area (Å²) in [5, 5.41) is 8.81. The molecule has 0 saturated carbocycles. The van der Waals surface area contributed by atoms with E-state index < -0.39 is 5.97 Å². The number of rotatable bonds is 8. The molecule has 1 rings (SSSR count). The van der Waals surface area contributed by atoms with Gasteiger partial charge < -0.3 is 14.7 Å². The number of hydrogen-bond acceptors (Lipinski definition) is 3. The van der Waals surface area contributed by atoms with Gasteiger partial charge in [-0.25, -0.2) is 4.39 Å². The second-order valence-corrected chi connectivity index (χ2v) is 5.11. The molecule has 0 atom stereocenters. The Bertz CT molecular complexity index is 473. The van der Waals surface area contributed by atoms with Gasteiger partial charge in [0.05, 0.1) is 13.0 Å². The van der Waals surface area contributed by atoms with Gasteiger partial charge in [-0.05, 0) is 30.2 Å². The molecule has 0 aromatic heterocycles. The van der Waals surface area contributed by atoms with Crippen LogP contribution in [0.2, 0.25) is 0 Å². The number of benzene rings is 1. The predicted octanol–water partition coefficient (Wildman–Crippen LogP) is 2.16. The Hall–Kier alpha value is -2.11. The first-order valence-electron chi connectivity index (χ1n) is 6.76. The van der Waals surface area contributed by atoms with Crippen LogP contribution < -0.4 is 4.74 Å². The fourth-order valence-electron chi connectivity index (χ4n) is 1.80. The van der Waals surface area contributed by atoms with E-state index in [1.54, 1.807) is 0 Å². The molecule has 0 bridgehead atoms. The van der Waals surface area contributed by atoms with Gasteiger partial charge in [0.25, 0.3) is 0 Å². The van der Waals surface area contributed by atoms with Crippen molar-refractivity contribution in [3.63, 3.8) is 0 Å². The van der Waals surface area contributed by atoms with Gasteiger partial charge in [0.2, 0.25) is 5.91 Å². The first-order valence-corrected chi connectivity index (χ1v) is 6.76. The molecule has 0 saturated heterocycles. The number of halogens is 1. The van der Waals surface area contributed by atoms with Crippen molar-refractivity contribution in [2.45, 2.75) is 20.3 Å². The highest BCUT2D eigenvalue weighted by Gasteiger charge is 2.17. The van der Waals surface area contributed by atoms with Gasteiger partial charge in [-0.1, -0.05) is 13.8 Å². The first-order chi connectivity index (χ1) is 9.88. The summed E-state index contributed by atoms with van der Waals surface area (Å²) in [6.45, 7) is 4.03. The van der Waals surface area contributed by atoms with Crippen molar-refractivity contribution in [1.82, 2.24) is 4.90 Å². The maximum absolute atomic E-state index is 12.7. The highest BCUT2D eigenvalue weighted by Crippen LogP contribution is 2.11. The van der Waals surface area contributed by atoms with Crippen molar-refractivity contribution in [3.8, 4) is 5.75 Å². The zero-order valence-corrected chi connectivity index (χ0v) is 12.2. The number of carbonyl (C=O) groups is 2. The molecule has 6 heteroatoms. The molecule has 0 fully saturated rings. The molecular weight excluding hydrogens is 277 g/mol. The van der Waals surface area contributed by atoms with Crippen LogP contribution in [0.1, 0.15) is 20.3 Å². The molecule has 1 aromatic carbocycles. The van der Waals surface area contributed by atoms with Crippen LogP contribution in [0.4, 0.5) is 4.39 Å². The number of carboxylic acid groups (broad SMARTS) is 1. The van der Waals surface area contributed by atoms with E-state index in [1.807, 2.05) is 13.8 Å². The van der Waals surface area contributed by atoms with Gasteiger partial charge in [0.1, 0.15) is 18.1 Å². The van der Waals surface area contributed by atoms with E-state index in [1.165, 1.54) is 29.2 Å². The second-order valence-electron chi connectivity index (χ2n) is 5.11. The lowest BCUT2D eigenvalue weighted by molar-refractivity contribution is -0.145. The number of carbonyl (C=O) groups excluding carboxylic acids is 1. The van der Waals surface area contributed by atoms with Crippen LogP contribution in [-0.4, -0.2) is 41.6 Å². The fraction of sp³-hybridized carbons (Fsp3) is 0.467. The number of ether oxygens (including phenoxy) is 1. The second kappa shape index (κ2) is 8.24. The van der Waals surface area contributed by atoms with Crippen molar-refractivity contribution >= 4 is 11.9 Å². The molecule has 5 nitrogen and oxygen atoms in total. The van der Waals surface area contributed by atoms with Gasteiger partial charge in [-0.3, -0.25) is 9.59 Å². The Kier molecular flexibility index (Phi) is 6.65. The van der Waals surface area contributed by atoms with E-state index in [0.29, 0.717) is 12.3 Å². The molecule has 1 aromatic rings. The molecule has 0 spiro atoms. The third kappa shape index (κ3) is 6.74. The standard InChI is InChI=1S/C15H20FNO4/c1-11(2)9-17(10-15(19)20)14(18)7-8-21-13-5-3-12(16)4-6-13/h3-6,11H,7-10H2,1-2H3,(H,19,20). The van der Waals surface area contributed by atoms with Crippen molar-refractivity contribution in [2.24, 2.45) is 5.92 Å². The summed E-state index contributed by atoms with van der Waals surface area (Å²) in [4.78, 5) is 24.0. The average molecular weight is 297 g/mol. The molecule has 0 radical (unpaired) electrons. The number of amides is 1. The Morgan fingerprint density at radius 2 is 1.90 bits per heavy atom. The van der Waals surface area contributed by atoms with E-state index in [2.05, 4.69) is 0 Å². The van der Waals surface area contributed by atoms with E-state index in [-0.39, 0.29) is 37.2 Å². The molecule has 1 amide bonds. The van der Waals surface area contributed by atoms with Gasteiger partial charge in [0, 0.05) is 6.54 Å². The van der Waals surface area contributed by atoms with Gasteiger partial charge in [-0.15, -0.1) is 0 Å². The monoisotopic (exact) mass is 297 g/mol. The first kappa shape index (κ1) is 16.9. The minimum Gasteiger partial charge on any atom is -0.493 e. The fourth-order valence-corrected chi connectivity index (χ4v) is 1.80. The smallest absolute Gasteiger partial charge is 0.323 e. The van der Waals surface area contributed by atoms with Crippen LogP contribution in [0.5, 0.6) is 5.75 Å². The summed E-state index contributed by atoms with van der Waals surface area (Å²) in [6.07, 6.45) is 0.0807. The van der Waals surface area contributed by atoms with Crippen LogP contribution in [0.25, 0.3) is 0 Å². The highest BCUT2D eigenvalue weighted by atomic mass is 19.1. The summed E-state index contributed by atoms with van der Waals surface area (Å²) in [6, 6.07) is 5.49. The largest absolute Gasteiger partial charge is 0.493 e. The molecule has 0 aliphatic carbocycles. The molecule has 0 aliphatic rings. The van der Waals surface area contributed by atoms with E-state index in [9.17, 15) is 14.0 Å². The van der Waals surface area contributed by atoms with E-state index in [0.717, 1.165) is 0 Å². The Labute approximate surface area is 123 Å². The summed E-state index contributed by atoms with van der Waals surface area (Å²) in [5.74, 6) is -1.01.